The summed E-state index contributed by atoms with van der Waals surface area (Å²) >= 11 is 0. The summed E-state index contributed by atoms with van der Waals surface area (Å²) in [4.78, 5) is 16.1. The largest absolute Gasteiger partial charge is 0.355 e. The Bertz CT molecular complexity index is 382. The summed E-state index contributed by atoms with van der Waals surface area (Å²) in [6.07, 6.45) is 5.28. The van der Waals surface area contributed by atoms with Gasteiger partial charge in [0.2, 0.25) is 5.91 Å². The third-order valence-corrected chi connectivity index (χ3v) is 3.40. The average Bonchev–Trinajstić information content (AvgIpc) is 2.64. The van der Waals surface area contributed by atoms with E-state index in [-0.39, 0.29) is 11.8 Å². The molecule has 100 valence electrons. The number of aryl methyl sites for hydroxylation is 1. The lowest BCUT2D eigenvalue weighted by molar-refractivity contribution is -0.125. The minimum absolute atomic E-state index is 0.166. The highest BCUT2D eigenvalue weighted by Crippen LogP contribution is 2.13. The first-order valence-electron chi connectivity index (χ1n) is 6.58. The van der Waals surface area contributed by atoms with Crippen LogP contribution in [0.2, 0.25) is 0 Å². The number of hydrogen-bond acceptors (Lipinski definition) is 4. The molecule has 1 fully saturated rings. The SMILES string of the molecule is Cn1ncnc1CCNC(=O)[C@@H]1CCCNCC1. The van der Waals surface area contributed by atoms with Crippen molar-refractivity contribution in [3.8, 4) is 0 Å². The molecule has 1 saturated heterocycles. The molecule has 2 heterocycles. The Kier molecular flexibility index (Phi) is 4.69. The summed E-state index contributed by atoms with van der Waals surface area (Å²) in [5.41, 5.74) is 0. The van der Waals surface area contributed by atoms with Crippen molar-refractivity contribution in [2.45, 2.75) is 25.7 Å². The van der Waals surface area contributed by atoms with Crippen LogP contribution >= 0.6 is 0 Å². The molecule has 1 amide bonds. The first-order chi connectivity index (χ1) is 8.77. The highest BCUT2D eigenvalue weighted by Gasteiger charge is 2.19. The summed E-state index contributed by atoms with van der Waals surface area (Å²) in [5, 5.41) is 10.3. The van der Waals surface area contributed by atoms with Gasteiger partial charge in [-0.25, -0.2) is 4.98 Å². The maximum absolute atomic E-state index is 12.0. The Labute approximate surface area is 107 Å². The summed E-state index contributed by atoms with van der Waals surface area (Å²) in [7, 11) is 1.86. The van der Waals surface area contributed by atoms with E-state index in [1.807, 2.05) is 7.05 Å². The summed E-state index contributed by atoms with van der Waals surface area (Å²) in [6.45, 7) is 2.61. The topological polar surface area (TPSA) is 71.8 Å². The van der Waals surface area contributed by atoms with Gasteiger partial charge in [-0.15, -0.1) is 0 Å². The average molecular weight is 251 g/mol. The number of nitrogens with one attached hydrogen (secondary N) is 2. The van der Waals surface area contributed by atoms with E-state index in [0.717, 1.165) is 44.6 Å². The predicted octanol–water partition coefficient (Wildman–Crippen LogP) is -0.136. The number of carbonyl (C=O) groups excluding carboxylic acids is 1. The molecule has 0 radical (unpaired) electrons. The fourth-order valence-corrected chi connectivity index (χ4v) is 2.27. The smallest absolute Gasteiger partial charge is 0.223 e. The molecule has 0 unspecified atom stereocenters. The summed E-state index contributed by atoms with van der Waals surface area (Å²) in [5.74, 6) is 1.25. The Morgan fingerprint density at radius 3 is 3.22 bits per heavy atom. The van der Waals surface area contributed by atoms with Gasteiger partial charge in [-0.05, 0) is 32.4 Å². The van der Waals surface area contributed by atoms with Crippen molar-refractivity contribution in [2.75, 3.05) is 19.6 Å². The van der Waals surface area contributed by atoms with Gasteiger partial charge in [0.25, 0.3) is 0 Å². The molecule has 6 nitrogen and oxygen atoms in total. The van der Waals surface area contributed by atoms with Gasteiger partial charge in [-0.1, -0.05) is 0 Å². The van der Waals surface area contributed by atoms with Gasteiger partial charge >= 0.3 is 0 Å². The Morgan fingerprint density at radius 1 is 1.56 bits per heavy atom. The molecule has 1 aromatic rings. The van der Waals surface area contributed by atoms with Crippen molar-refractivity contribution in [1.29, 1.82) is 0 Å². The van der Waals surface area contributed by atoms with Crippen LogP contribution in [0.4, 0.5) is 0 Å². The molecule has 1 aliphatic heterocycles. The van der Waals surface area contributed by atoms with Gasteiger partial charge in [0.05, 0.1) is 0 Å². The van der Waals surface area contributed by atoms with E-state index in [4.69, 9.17) is 0 Å². The molecule has 1 aromatic heterocycles. The van der Waals surface area contributed by atoms with Crippen molar-refractivity contribution in [3.05, 3.63) is 12.2 Å². The second-order valence-electron chi connectivity index (χ2n) is 4.72. The zero-order chi connectivity index (χ0) is 12.8. The van der Waals surface area contributed by atoms with Crippen molar-refractivity contribution in [2.24, 2.45) is 13.0 Å². The van der Waals surface area contributed by atoms with Crippen LogP contribution in [-0.2, 0) is 18.3 Å². The quantitative estimate of drug-likeness (QED) is 0.781. The van der Waals surface area contributed by atoms with Gasteiger partial charge in [0, 0.05) is 25.9 Å². The number of nitrogens with zero attached hydrogens (tertiary/aromatic N) is 3. The van der Waals surface area contributed by atoms with Crippen LogP contribution in [0, 0.1) is 5.92 Å². The molecule has 0 spiro atoms. The Hall–Kier alpha value is -1.43. The Morgan fingerprint density at radius 2 is 2.44 bits per heavy atom. The van der Waals surface area contributed by atoms with E-state index in [2.05, 4.69) is 20.7 Å². The monoisotopic (exact) mass is 251 g/mol. The lowest BCUT2D eigenvalue weighted by Gasteiger charge is -2.13. The molecule has 2 rings (SSSR count). The van der Waals surface area contributed by atoms with E-state index < -0.39 is 0 Å². The van der Waals surface area contributed by atoms with Crippen LogP contribution in [0.3, 0.4) is 0 Å². The third-order valence-electron chi connectivity index (χ3n) is 3.40. The van der Waals surface area contributed by atoms with Gasteiger partial charge < -0.3 is 10.6 Å². The van der Waals surface area contributed by atoms with Gasteiger partial charge in [0.15, 0.2) is 0 Å². The molecule has 0 bridgehead atoms. The maximum Gasteiger partial charge on any atom is 0.223 e. The van der Waals surface area contributed by atoms with Crippen LogP contribution in [0.15, 0.2) is 6.33 Å². The molecular weight excluding hydrogens is 230 g/mol. The lowest BCUT2D eigenvalue weighted by Crippen LogP contribution is -2.33. The number of hydrogen-bond donors (Lipinski definition) is 2. The first kappa shape index (κ1) is 13.0. The molecule has 1 aliphatic rings. The minimum atomic E-state index is 0.166. The minimum Gasteiger partial charge on any atom is -0.355 e. The molecule has 0 aliphatic carbocycles. The number of aromatic nitrogens is 3. The molecular formula is C12H21N5O. The van der Waals surface area contributed by atoms with E-state index in [0.29, 0.717) is 6.54 Å². The van der Waals surface area contributed by atoms with Crippen LogP contribution in [-0.4, -0.2) is 40.3 Å². The first-order valence-corrected chi connectivity index (χ1v) is 6.58. The third kappa shape index (κ3) is 3.53. The van der Waals surface area contributed by atoms with Crippen LogP contribution in [0.5, 0.6) is 0 Å². The van der Waals surface area contributed by atoms with E-state index in [1.54, 1.807) is 4.68 Å². The number of carbonyl (C=O) groups is 1. The number of rotatable bonds is 4. The zero-order valence-electron chi connectivity index (χ0n) is 10.9. The van der Waals surface area contributed by atoms with E-state index in [9.17, 15) is 4.79 Å². The van der Waals surface area contributed by atoms with Crippen molar-refractivity contribution < 1.29 is 4.79 Å². The molecule has 2 N–H and O–H groups in total. The van der Waals surface area contributed by atoms with Crippen molar-refractivity contribution in [3.63, 3.8) is 0 Å². The maximum atomic E-state index is 12.0. The normalized spacial score (nSPS) is 20.4. The zero-order valence-corrected chi connectivity index (χ0v) is 10.9. The van der Waals surface area contributed by atoms with Gasteiger partial charge in [0.1, 0.15) is 12.2 Å². The van der Waals surface area contributed by atoms with Crippen molar-refractivity contribution >= 4 is 5.91 Å². The molecule has 18 heavy (non-hydrogen) atoms. The second kappa shape index (κ2) is 6.49. The summed E-state index contributed by atoms with van der Waals surface area (Å²) < 4.78 is 1.74. The van der Waals surface area contributed by atoms with E-state index >= 15 is 0 Å². The fraction of sp³-hybridized carbons (Fsp3) is 0.750. The van der Waals surface area contributed by atoms with Crippen molar-refractivity contribution in [1.82, 2.24) is 25.4 Å². The highest BCUT2D eigenvalue weighted by molar-refractivity contribution is 5.78. The van der Waals surface area contributed by atoms with Crippen LogP contribution in [0.25, 0.3) is 0 Å². The molecule has 0 aromatic carbocycles. The fourth-order valence-electron chi connectivity index (χ4n) is 2.27. The Balaban J connectivity index is 1.72. The van der Waals surface area contributed by atoms with Gasteiger partial charge in [-0.3, -0.25) is 9.48 Å². The molecule has 0 saturated carbocycles. The number of amides is 1. The van der Waals surface area contributed by atoms with Gasteiger partial charge in [-0.2, -0.15) is 5.10 Å². The highest BCUT2D eigenvalue weighted by atomic mass is 16.1. The predicted molar refractivity (Wildman–Crippen MR) is 67.9 cm³/mol. The van der Waals surface area contributed by atoms with E-state index in [1.165, 1.54) is 6.33 Å². The second-order valence-corrected chi connectivity index (χ2v) is 4.72. The van der Waals surface area contributed by atoms with Crippen LogP contribution < -0.4 is 10.6 Å². The standard InChI is InChI=1S/C12H21N5O/c1-17-11(15-9-16-17)5-8-14-12(18)10-3-2-6-13-7-4-10/h9-10,13H,2-8H2,1H3,(H,14,18)/t10-/m1/s1. The van der Waals surface area contributed by atoms with Crippen LogP contribution in [0.1, 0.15) is 25.1 Å². The summed E-state index contributed by atoms with van der Waals surface area (Å²) in [6, 6.07) is 0. The molecule has 1 atom stereocenters. The molecule has 6 heteroatoms. The lowest BCUT2D eigenvalue weighted by atomic mass is 10.00.